The molecule has 0 radical (unpaired) electrons. The average molecular weight is 514 g/mol. The molecule has 0 spiro atoms. The number of benzene rings is 1. The van der Waals surface area contributed by atoms with Crippen LogP contribution in [-0.2, 0) is 9.53 Å². The number of esters is 1. The number of pyridine rings is 1. The minimum atomic E-state index is -0.501. The van der Waals surface area contributed by atoms with Crippen molar-refractivity contribution in [3.63, 3.8) is 0 Å². The second-order valence-corrected chi connectivity index (χ2v) is 10.5. The van der Waals surface area contributed by atoms with Crippen molar-refractivity contribution in [1.82, 2.24) is 19.7 Å². The zero-order valence-electron chi connectivity index (χ0n) is 22.5. The lowest BCUT2D eigenvalue weighted by Crippen LogP contribution is -2.43. The first-order valence-electron chi connectivity index (χ1n) is 13.5. The summed E-state index contributed by atoms with van der Waals surface area (Å²) in [4.78, 5) is 36.4. The molecule has 1 N–H and O–H groups in total. The van der Waals surface area contributed by atoms with Gasteiger partial charge in [0.15, 0.2) is 11.6 Å². The normalized spacial score (nSPS) is 17.6. The lowest BCUT2D eigenvalue weighted by atomic mass is 9.82. The molecule has 8 nitrogen and oxygen atoms in total. The standard InChI is InChI=1S/C30H35N5O3/c1-5-38-30(37)24-18-34(33-28(24)35(19(2)3)29(36)21-12-10-20(4)11-13-21)27-15-14-23(17-31-27)26-16-22-8-6-7-9-25(22)32-26/h6-9,14-21,32H,5,10-13H2,1-4H3. The number of H-pyrrole nitrogens is 1. The van der Waals surface area contributed by atoms with Gasteiger partial charge in [-0.15, -0.1) is 5.10 Å². The highest BCUT2D eigenvalue weighted by atomic mass is 16.5. The third-order valence-electron chi connectivity index (χ3n) is 7.36. The molecule has 5 rings (SSSR count). The van der Waals surface area contributed by atoms with Crippen LogP contribution >= 0.6 is 0 Å². The molecule has 1 saturated carbocycles. The van der Waals surface area contributed by atoms with Crippen LogP contribution in [-0.4, -0.2) is 44.3 Å². The first kappa shape index (κ1) is 25.7. The van der Waals surface area contributed by atoms with Gasteiger partial charge >= 0.3 is 5.97 Å². The van der Waals surface area contributed by atoms with Gasteiger partial charge in [0, 0.05) is 46.5 Å². The molecule has 0 aliphatic heterocycles. The molecule has 1 aromatic carbocycles. The van der Waals surface area contributed by atoms with E-state index in [9.17, 15) is 9.59 Å². The predicted molar refractivity (Wildman–Crippen MR) is 148 cm³/mol. The zero-order chi connectivity index (χ0) is 26.8. The minimum Gasteiger partial charge on any atom is -0.462 e. The van der Waals surface area contributed by atoms with Crippen LogP contribution in [0.4, 0.5) is 5.82 Å². The highest BCUT2D eigenvalue weighted by Gasteiger charge is 2.34. The molecule has 1 amide bonds. The molecule has 0 bridgehead atoms. The molecule has 4 aromatic rings. The summed E-state index contributed by atoms with van der Waals surface area (Å²) in [5, 5.41) is 5.86. The SMILES string of the molecule is CCOC(=O)c1cn(-c2ccc(-c3cc4ccccc4[nH]3)cn2)nc1N(C(=O)C1CCC(C)CC1)C(C)C. The smallest absolute Gasteiger partial charge is 0.343 e. The number of ether oxygens (including phenoxy) is 1. The second kappa shape index (κ2) is 10.8. The van der Waals surface area contributed by atoms with Crippen LogP contribution in [0.3, 0.4) is 0 Å². The molecule has 3 heterocycles. The summed E-state index contributed by atoms with van der Waals surface area (Å²) in [5.41, 5.74) is 3.23. The van der Waals surface area contributed by atoms with Gasteiger partial charge in [0.25, 0.3) is 0 Å². The summed E-state index contributed by atoms with van der Waals surface area (Å²) in [6.45, 7) is 8.13. The van der Waals surface area contributed by atoms with E-state index in [1.165, 1.54) is 0 Å². The van der Waals surface area contributed by atoms with Gasteiger partial charge in [0.1, 0.15) is 5.56 Å². The summed E-state index contributed by atoms with van der Waals surface area (Å²) in [5.74, 6) is 0.957. The van der Waals surface area contributed by atoms with Gasteiger partial charge in [0.2, 0.25) is 5.91 Å². The Balaban J connectivity index is 1.48. The largest absolute Gasteiger partial charge is 0.462 e. The van der Waals surface area contributed by atoms with Crippen molar-refractivity contribution in [3.05, 3.63) is 60.4 Å². The summed E-state index contributed by atoms with van der Waals surface area (Å²) < 4.78 is 6.90. The van der Waals surface area contributed by atoms with Crippen LogP contribution in [0.25, 0.3) is 28.0 Å². The maximum Gasteiger partial charge on any atom is 0.343 e. The number of fused-ring (bicyclic) bond motifs is 1. The molecule has 38 heavy (non-hydrogen) atoms. The Kier molecular flexibility index (Phi) is 7.31. The van der Waals surface area contributed by atoms with E-state index in [2.05, 4.69) is 29.0 Å². The molecule has 0 saturated heterocycles. The fourth-order valence-corrected chi connectivity index (χ4v) is 5.23. The van der Waals surface area contributed by atoms with E-state index in [1.54, 1.807) is 28.9 Å². The average Bonchev–Trinajstić information content (AvgIpc) is 3.54. The number of nitrogens with zero attached hydrogens (tertiary/aromatic N) is 4. The molecule has 0 unspecified atom stereocenters. The Morgan fingerprint density at radius 3 is 2.55 bits per heavy atom. The Bertz CT molecular complexity index is 1390. The first-order valence-corrected chi connectivity index (χ1v) is 13.5. The van der Waals surface area contributed by atoms with E-state index >= 15 is 0 Å². The maximum absolute atomic E-state index is 13.7. The fourth-order valence-electron chi connectivity index (χ4n) is 5.23. The van der Waals surface area contributed by atoms with Crippen LogP contribution in [0.15, 0.2) is 54.9 Å². The highest BCUT2D eigenvalue weighted by Crippen LogP contribution is 2.33. The molecule has 0 atom stereocenters. The molecular formula is C30H35N5O3. The van der Waals surface area contributed by atoms with Crippen LogP contribution in [0.2, 0.25) is 0 Å². The van der Waals surface area contributed by atoms with Crippen molar-refractivity contribution in [2.75, 3.05) is 11.5 Å². The molecule has 198 valence electrons. The number of hydrogen-bond donors (Lipinski definition) is 1. The molecule has 1 fully saturated rings. The van der Waals surface area contributed by atoms with Crippen molar-refractivity contribution in [1.29, 1.82) is 0 Å². The van der Waals surface area contributed by atoms with Crippen molar-refractivity contribution in [3.8, 4) is 17.1 Å². The lowest BCUT2D eigenvalue weighted by Gasteiger charge is -2.32. The number of hydrogen-bond acceptors (Lipinski definition) is 5. The Labute approximate surface area is 223 Å². The Hall–Kier alpha value is -3.94. The third kappa shape index (κ3) is 5.08. The fraction of sp³-hybridized carbons (Fsp3) is 0.400. The Morgan fingerprint density at radius 2 is 1.89 bits per heavy atom. The van der Waals surface area contributed by atoms with Crippen LogP contribution < -0.4 is 4.90 Å². The van der Waals surface area contributed by atoms with Crippen LogP contribution in [0.5, 0.6) is 0 Å². The summed E-state index contributed by atoms with van der Waals surface area (Å²) >= 11 is 0. The molecular weight excluding hydrogens is 478 g/mol. The van der Waals surface area contributed by atoms with E-state index in [-0.39, 0.29) is 30.0 Å². The number of carbonyl (C=O) groups excluding carboxylic acids is 2. The van der Waals surface area contributed by atoms with E-state index in [0.717, 1.165) is 47.8 Å². The number of aromatic nitrogens is 4. The van der Waals surface area contributed by atoms with Gasteiger partial charge in [-0.25, -0.2) is 14.5 Å². The molecule has 8 heteroatoms. The molecule has 1 aliphatic rings. The number of nitrogens with one attached hydrogen (secondary N) is 1. The topological polar surface area (TPSA) is 93.1 Å². The number of aromatic amines is 1. The van der Waals surface area contributed by atoms with Gasteiger partial charge in [-0.05, 0) is 76.6 Å². The zero-order valence-corrected chi connectivity index (χ0v) is 22.5. The summed E-state index contributed by atoms with van der Waals surface area (Å²) in [6.07, 6.45) is 7.18. The quantitative estimate of drug-likeness (QED) is 0.299. The number of anilines is 1. The minimum absolute atomic E-state index is 0.0183. The van der Waals surface area contributed by atoms with Crippen molar-refractivity contribution in [2.45, 2.75) is 59.4 Å². The van der Waals surface area contributed by atoms with E-state index in [4.69, 9.17) is 9.84 Å². The van der Waals surface area contributed by atoms with Crippen molar-refractivity contribution in [2.24, 2.45) is 11.8 Å². The summed E-state index contributed by atoms with van der Waals surface area (Å²) in [7, 11) is 0. The number of para-hydroxylation sites is 1. The van der Waals surface area contributed by atoms with Gasteiger partial charge < -0.3 is 9.72 Å². The highest BCUT2D eigenvalue weighted by molar-refractivity contribution is 6.02. The van der Waals surface area contributed by atoms with Gasteiger partial charge in [-0.1, -0.05) is 25.1 Å². The lowest BCUT2D eigenvalue weighted by molar-refractivity contribution is -0.124. The molecule has 1 aliphatic carbocycles. The van der Waals surface area contributed by atoms with E-state index in [1.807, 2.05) is 44.2 Å². The maximum atomic E-state index is 13.7. The Morgan fingerprint density at radius 1 is 1.13 bits per heavy atom. The van der Waals surface area contributed by atoms with Gasteiger partial charge in [0.05, 0.1) is 6.61 Å². The second-order valence-electron chi connectivity index (χ2n) is 10.5. The van der Waals surface area contributed by atoms with E-state index < -0.39 is 5.97 Å². The van der Waals surface area contributed by atoms with Crippen molar-refractivity contribution >= 4 is 28.6 Å². The third-order valence-corrected chi connectivity index (χ3v) is 7.36. The monoisotopic (exact) mass is 513 g/mol. The first-order chi connectivity index (χ1) is 18.4. The number of rotatable bonds is 7. The summed E-state index contributed by atoms with van der Waals surface area (Å²) in [6, 6.07) is 13.9. The van der Waals surface area contributed by atoms with Crippen LogP contribution in [0.1, 0.15) is 63.7 Å². The number of amides is 1. The molecule has 3 aromatic heterocycles. The number of carbonyl (C=O) groups is 2. The van der Waals surface area contributed by atoms with Gasteiger partial charge in [-0.2, -0.15) is 0 Å². The van der Waals surface area contributed by atoms with Gasteiger partial charge in [-0.3, -0.25) is 9.69 Å². The van der Waals surface area contributed by atoms with E-state index in [0.29, 0.717) is 17.6 Å². The predicted octanol–water partition coefficient (Wildman–Crippen LogP) is 6.16. The van der Waals surface area contributed by atoms with Crippen molar-refractivity contribution < 1.29 is 14.3 Å². The van der Waals surface area contributed by atoms with Crippen LogP contribution in [0, 0.1) is 11.8 Å².